The molecule has 24 heavy (non-hydrogen) atoms. The summed E-state index contributed by atoms with van der Waals surface area (Å²) < 4.78 is 5.75. The molecule has 6 nitrogen and oxygen atoms in total. The first kappa shape index (κ1) is 14.9. The summed E-state index contributed by atoms with van der Waals surface area (Å²) in [5, 5.41) is 12.4. The molecule has 1 aliphatic heterocycles. The van der Waals surface area contributed by atoms with Crippen molar-refractivity contribution < 1.29 is 14.6 Å². The summed E-state index contributed by atoms with van der Waals surface area (Å²) >= 11 is 0. The first-order valence-corrected chi connectivity index (χ1v) is 7.86. The number of carboxylic acids is 1. The molecule has 4 rings (SSSR count). The van der Waals surface area contributed by atoms with E-state index in [4.69, 9.17) is 9.84 Å². The molecule has 1 saturated heterocycles. The highest BCUT2D eigenvalue weighted by Gasteiger charge is 2.16. The second-order valence-electron chi connectivity index (χ2n) is 5.81. The van der Waals surface area contributed by atoms with Gasteiger partial charge in [0.2, 0.25) is 0 Å². The van der Waals surface area contributed by atoms with Gasteiger partial charge in [0, 0.05) is 18.7 Å². The SMILES string of the molecule is O=C(O)c1ccc2nc(-c3ccc(C4CNCCO4)cc3)[nH]c2c1. The molecule has 6 heteroatoms. The van der Waals surface area contributed by atoms with Crippen LogP contribution in [0.5, 0.6) is 0 Å². The molecule has 1 aromatic heterocycles. The maximum Gasteiger partial charge on any atom is 0.335 e. The van der Waals surface area contributed by atoms with Crippen LogP contribution in [0, 0.1) is 0 Å². The number of carboxylic acid groups (broad SMARTS) is 1. The van der Waals surface area contributed by atoms with Crippen LogP contribution in [0.2, 0.25) is 0 Å². The number of ether oxygens (including phenoxy) is 1. The number of hydrogen-bond donors (Lipinski definition) is 3. The van der Waals surface area contributed by atoms with Crippen LogP contribution in [-0.2, 0) is 4.74 Å². The number of benzene rings is 2. The molecular weight excluding hydrogens is 306 g/mol. The third-order valence-electron chi connectivity index (χ3n) is 4.21. The van der Waals surface area contributed by atoms with Crippen molar-refractivity contribution in [2.24, 2.45) is 0 Å². The molecule has 0 bridgehead atoms. The van der Waals surface area contributed by atoms with E-state index in [9.17, 15) is 4.79 Å². The smallest absolute Gasteiger partial charge is 0.335 e. The van der Waals surface area contributed by atoms with E-state index >= 15 is 0 Å². The normalized spacial score (nSPS) is 17.9. The van der Waals surface area contributed by atoms with Gasteiger partial charge in [0.1, 0.15) is 5.82 Å². The van der Waals surface area contributed by atoms with E-state index in [1.54, 1.807) is 18.2 Å². The van der Waals surface area contributed by atoms with Crippen LogP contribution in [0.4, 0.5) is 0 Å². The number of nitrogens with one attached hydrogen (secondary N) is 2. The summed E-state index contributed by atoms with van der Waals surface area (Å²) in [5.74, 6) is -0.222. The Hall–Kier alpha value is -2.70. The number of aromatic carboxylic acids is 1. The van der Waals surface area contributed by atoms with Crippen LogP contribution in [-0.4, -0.2) is 40.7 Å². The quantitative estimate of drug-likeness (QED) is 0.689. The van der Waals surface area contributed by atoms with Crippen LogP contribution in [0.15, 0.2) is 42.5 Å². The predicted molar refractivity (Wildman–Crippen MR) is 90.1 cm³/mol. The lowest BCUT2D eigenvalue weighted by Crippen LogP contribution is -2.33. The molecule has 0 saturated carbocycles. The van der Waals surface area contributed by atoms with E-state index in [1.165, 1.54) is 0 Å². The summed E-state index contributed by atoms with van der Waals surface area (Å²) in [5.41, 5.74) is 3.80. The Labute approximate surface area is 138 Å². The minimum atomic E-state index is -0.946. The highest BCUT2D eigenvalue weighted by molar-refractivity contribution is 5.93. The highest BCUT2D eigenvalue weighted by Crippen LogP contribution is 2.25. The molecule has 1 unspecified atom stereocenters. The van der Waals surface area contributed by atoms with Crippen LogP contribution < -0.4 is 5.32 Å². The molecule has 2 heterocycles. The minimum Gasteiger partial charge on any atom is -0.478 e. The van der Waals surface area contributed by atoms with Crippen molar-refractivity contribution in [3.05, 3.63) is 53.6 Å². The summed E-state index contributed by atoms with van der Waals surface area (Å²) in [6, 6.07) is 13.0. The number of H-pyrrole nitrogens is 1. The number of rotatable bonds is 3. The van der Waals surface area contributed by atoms with Crippen molar-refractivity contribution in [1.29, 1.82) is 0 Å². The third kappa shape index (κ3) is 2.77. The predicted octanol–water partition coefficient (Wildman–Crippen LogP) is 2.59. The van der Waals surface area contributed by atoms with E-state index in [0.29, 0.717) is 5.52 Å². The Morgan fingerprint density at radius 1 is 1.21 bits per heavy atom. The van der Waals surface area contributed by atoms with Crippen molar-refractivity contribution in [2.45, 2.75) is 6.10 Å². The Kier molecular flexibility index (Phi) is 3.76. The van der Waals surface area contributed by atoms with Gasteiger partial charge in [-0.15, -0.1) is 0 Å². The van der Waals surface area contributed by atoms with E-state index in [0.717, 1.165) is 42.2 Å². The Bertz CT molecular complexity index is 880. The van der Waals surface area contributed by atoms with Gasteiger partial charge in [-0.2, -0.15) is 0 Å². The van der Waals surface area contributed by atoms with Crippen LogP contribution in [0.1, 0.15) is 22.0 Å². The van der Waals surface area contributed by atoms with Crippen molar-refractivity contribution in [1.82, 2.24) is 15.3 Å². The standard InChI is InChI=1S/C18H17N3O3/c22-18(23)13-5-6-14-15(9-13)21-17(20-14)12-3-1-11(2-4-12)16-10-19-7-8-24-16/h1-6,9,16,19H,7-8,10H2,(H,20,21)(H,22,23). The molecule has 3 N–H and O–H groups in total. The molecule has 1 aliphatic rings. The molecule has 1 atom stereocenters. The zero-order chi connectivity index (χ0) is 16.5. The van der Waals surface area contributed by atoms with Gasteiger partial charge < -0.3 is 20.1 Å². The van der Waals surface area contributed by atoms with Gasteiger partial charge in [0.05, 0.1) is 29.3 Å². The Morgan fingerprint density at radius 3 is 2.75 bits per heavy atom. The summed E-state index contributed by atoms with van der Waals surface area (Å²) in [6.45, 7) is 2.44. The van der Waals surface area contributed by atoms with E-state index < -0.39 is 5.97 Å². The lowest BCUT2D eigenvalue weighted by atomic mass is 10.1. The molecule has 0 spiro atoms. The van der Waals surface area contributed by atoms with Gasteiger partial charge in [-0.25, -0.2) is 9.78 Å². The number of hydrogen-bond acceptors (Lipinski definition) is 4. The van der Waals surface area contributed by atoms with Gasteiger partial charge in [-0.05, 0) is 23.8 Å². The topological polar surface area (TPSA) is 87.2 Å². The summed E-state index contributed by atoms with van der Waals surface area (Å²) in [7, 11) is 0. The van der Waals surface area contributed by atoms with Gasteiger partial charge in [-0.1, -0.05) is 24.3 Å². The number of carbonyl (C=O) groups is 1. The van der Waals surface area contributed by atoms with E-state index in [2.05, 4.69) is 15.3 Å². The van der Waals surface area contributed by atoms with Crippen LogP contribution in [0.25, 0.3) is 22.4 Å². The molecule has 122 valence electrons. The van der Waals surface area contributed by atoms with E-state index in [1.807, 2.05) is 24.3 Å². The summed E-state index contributed by atoms with van der Waals surface area (Å²) in [6.07, 6.45) is 0.0848. The van der Waals surface area contributed by atoms with Crippen molar-refractivity contribution in [2.75, 3.05) is 19.7 Å². The second kappa shape index (κ2) is 6.07. The average molecular weight is 323 g/mol. The lowest BCUT2D eigenvalue weighted by Gasteiger charge is -2.24. The fourth-order valence-corrected chi connectivity index (χ4v) is 2.91. The Morgan fingerprint density at radius 2 is 2.04 bits per heavy atom. The minimum absolute atomic E-state index is 0.0848. The van der Waals surface area contributed by atoms with Gasteiger partial charge >= 0.3 is 5.97 Å². The number of nitrogens with zero attached hydrogens (tertiary/aromatic N) is 1. The highest BCUT2D eigenvalue weighted by atomic mass is 16.5. The fraction of sp³-hybridized carbons (Fsp3) is 0.222. The van der Waals surface area contributed by atoms with Crippen molar-refractivity contribution in [3.8, 4) is 11.4 Å². The molecule has 0 amide bonds. The maximum absolute atomic E-state index is 11.1. The summed E-state index contributed by atoms with van der Waals surface area (Å²) in [4.78, 5) is 18.8. The van der Waals surface area contributed by atoms with Gasteiger partial charge in [0.15, 0.2) is 0 Å². The molecule has 1 fully saturated rings. The zero-order valence-corrected chi connectivity index (χ0v) is 13.0. The third-order valence-corrected chi connectivity index (χ3v) is 4.21. The number of morpholine rings is 1. The van der Waals surface area contributed by atoms with Crippen LogP contribution >= 0.6 is 0 Å². The second-order valence-corrected chi connectivity index (χ2v) is 5.81. The molecule has 2 aromatic carbocycles. The molecule has 0 radical (unpaired) electrons. The maximum atomic E-state index is 11.1. The number of imidazole rings is 1. The average Bonchev–Trinajstić information content (AvgIpc) is 3.06. The monoisotopic (exact) mass is 323 g/mol. The Balaban J connectivity index is 1.63. The van der Waals surface area contributed by atoms with Crippen molar-refractivity contribution in [3.63, 3.8) is 0 Å². The van der Waals surface area contributed by atoms with Gasteiger partial charge in [-0.3, -0.25) is 0 Å². The lowest BCUT2D eigenvalue weighted by molar-refractivity contribution is 0.0277. The fourth-order valence-electron chi connectivity index (χ4n) is 2.91. The number of aromatic nitrogens is 2. The van der Waals surface area contributed by atoms with Crippen molar-refractivity contribution >= 4 is 17.0 Å². The largest absolute Gasteiger partial charge is 0.478 e. The molecule has 3 aromatic rings. The zero-order valence-electron chi connectivity index (χ0n) is 13.0. The van der Waals surface area contributed by atoms with E-state index in [-0.39, 0.29) is 11.7 Å². The first-order valence-electron chi connectivity index (χ1n) is 7.86. The van der Waals surface area contributed by atoms with Gasteiger partial charge in [0.25, 0.3) is 0 Å². The molecule has 0 aliphatic carbocycles. The number of fused-ring (bicyclic) bond motifs is 1. The van der Waals surface area contributed by atoms with Crippen LogP contribution in [0.3, 0.4) is 0 Å². The first-order chi connectivity index (χ1) is 11.7. The molecular formula is C18H17N3O3. The number of aromatic amines is 1.